The predicted octanol–water partition coefficient (Wildman–Crippen LogP) is 3.69. The van der Waals surface area contributed by atoms with Crippen LogP contribution in [-0.2, 0) is 4.74 Å². The van der Waals surface area contributed by atoms with Gasteiger partial charge in [0.25, 0.3) is 0 Å². The highest BCUT2D eigenvalue weighted by Gasteiger charge is 2.39. The number of ether oxygens (including phenoxy) is 1. The number of hydrogen-bond acceptors (Lipinski definition) is 2. The topological polar surface area (TPSA) is 21.6 Å². The van der Waals surface area contributed by atoms with E-state index in [-0.39, 0.29) is 0 Å². The zero-order chi connectivity index (χ0) is 16.1. The summed E-state index contributed by atoms with van der Waals surface area (Å²) in [6.07, 6.45) is 2.37. The van der Waals surface area contributed by atoms with Gasteiger partial charge in [-0.2, -0.15) is 4.59 Å². The summed E-state index contributed by atoms with van der Waals surface area (Å²) in [6.45, 7) is 1.83. The van der Waals surface area contributed by atoms with Crippen molar-refractivity contribution in [1.29, 1.82) is 0 Å². The second-order valence-corrected chi connectivity index (χ2v) is 6.37. The van der Waals surface area contributed by atoms with E-state index in [0.29, 0.717) is 10.6 Å². The van der Waals surface area contributed by atoms with Crippen LogP contribution in [0.4, 0.5) is 0 Å². The number of methoxy groups -OCH3 is 1. The van der Waals surface area contributed by atoms with Gasteiger partial charge in [-0.3, -0.25) is 0 Å². The van der Waals surface area contributed by atoms with Crippen LogP contribution in [0.1, 0.15) is 24.0 Å². The van der Waals surface area contributed by atoms with E-state index in [1.165, 1.54) is 24.0 Å². The van der Waals surface area contributed by atoms with Gasteiger partial charge in [-0.25, -0.2) is 0 Å². The molecular formula is C20H25N2O+. The number of hydrogen-bond donors (Lipinski definition) is 0. The maximum Gasteiger partial charge on any atom is 0.137 e. The van der Waals surface area contributed by atoms with Gasteiger partial charge in [0.2, 0.25) is 0 Å². The Kier molecular flexibility index (Phi) is 4.89. The first-order valence-corrected chi connectivity index (χ1v) is 8.28. The summed E-state index contributed by atoms with van der Waals surface area (Å²) in [5.74, 6) is 0. The quantitative estimate of drug-likeness (QED) is 0.610. The number of rotatable bonds is 5. The fourth-order valence-corrected chi connectivity index (χ4v) is 3.38. The van der Waals surface area contributed by atoms with Crippen LogP contribution in [0.3, 0.4) is 0 Å². The number of benzene rings is 2. The molecule has 1 aliphatic heterocycles. The third-order valence-corrected chi connectivity index (χ3v) is 4.72. The van der Waals surface area contributed by atoms with Crippen molar-refractivity contribution in [3.63, 3.8) is 0 Å². The molecule has 0 saturated carbocycles. The van der Waals surface area contributed by atoms with E-state index in [9.17, 15) is 0 Å². The van der Waals surface area contributed by atoms with Crippen molar-refractivity contribution in [2.24, 2.45) is 5.10 Å². The highest BCUT2D eigenvalue weighted by molar-refractivity contribution is 6.12. The molecule has 0 bridgehead atoms. The van der Waals surface area contributed by atoms with Crippen molar-refractivity contribution in [2.75, 3.05) is 27.3 Å². The van der Waals surface area contributed by atoms with Crippen molar-refractivity contribution in [3.8, 4) is 0 Å². The van der Waals surface area contributed by atoms with E-state index in [1.54, 1.807) is 7.11 Å². The Morgan fingerprint density at radius 1 is 1.04 bits per heavy atom. The molecule has 0 N–H and O–H groups in total. The van der Waals surface area contributed by atoms with Gasteiger partial charge in [-0.1, -0.05) is 65.8 Å². The first kappa shape index (κ1) is 15.9. The predicted molar refractivity (Wildman–Crippen MR) is 94.5 cm³/mol. The van der Waals surface area contributed by atoms with E-state index in [1.807, 2.05) is 12.1 Å². The molecule has 0 aliphatic carbocycles. The van der Waals surface area contributed by atoms with Gasteiger partial charge in [0, 0.05) is 31.1 Å². The Hall–Kier alpha value is -1.97. The number of nitrogens with zero attached hydrogens (tertiary/aromatic N) is 2. The molecule has 2 aromatic carbocycles. The third-order valence-electron chi connectivity index (χ3n) is 4.72. The summed E-state index contributed by atoms with van der Waals surface area (Å²) in [5, 5.41) is 5.22. The smallest absolute Gasteiger partial charge is 0.137 e. The van der Waals surface area contributed by atoms with E-state index >= 15 is 0 Å². The van der Waals surface area contributed by atoms with Crippen LogP contribution in [-0.4, -0.2) is 43.7 Å². The fraction of sp³-hybridized carbons (Fsp3) is 0.350. The molecule has 3 rings (SSSR count). The van der Waals surface area contributed by atoms with Crippen LogP contribution in [0.15, 0.2) is 65.8 Å². The Balaban J connectivity index is 2.05. The average molecular weight is 309 g/mol. The third kappa shape index (κ3) is 3.52. The van der Waals surface area contributed by atoms with Crippen LogP contribution in [0.5, 0.6) is 0 Å². The SMILES string of the molecule is COC[C@@H]1CCC[N@+]1(C)N=C(c1ccccc1)c1ccccc1. The van der Waals surface area contributed by atoms with Gasteiger partial charge in [0.1, 0.15) is 24.9 Å². The first-order valence-electron chi connectivity index (χ1n) is 8.28. The van der Waals surface area contributed by atoms with E-state index in [0.717, 1.165) is 18.9 Å². The van der Waals surface area contributed by atoms with Gasteiger partial charge in [-0.15, -0.1) is 0 Å². The summed E-state index contributed by atoms with van der Waals surface area (Å²) in [4.78, 5) is 0. The molecule has 0 amide bonds. The van der Waals surface area contributed by atoms with E-state index in [4.69, 9.17) is 9.84 Å². The van der Waals surface area contributed by atoms with Crippen molar-refractivity contribution in [2.45, 2.75) is 18.9 Å². The van der Waals surface area contributed by atoms with Crippen molar-refractivity contribution < 1.29 is 9.33 Å². The first-order chi connectivity index (χ1) is 11.2. The number of likely N-dealkylation sites (N-methyl/N-ethyl adjacent to an activating group) is 1. The highest BCUT2D eigenvalue weighted by Crippen LogP contribution is 2.27. The minimum atomic E-state index is 0.433. The second kappa shape index (κ2) is 7.07. The van der Waals surface area contributed by atoms with Crippen LogP contribution in [0.2, 0.25) is 0 Å². The molecule has 1 aliphatic rings. The lowest BCUT2D eigenvalue weighted by atomic mass is 10.0. The molecule has 1 fully saturated rings. The molecule has 1 heterocycles. The molecule has 0 unspecified atom stereocenters. The molecule has 3 heteroatoms. The van der Waals surface area contributed by atoms with Crippen molar-refractivity contribution in [3.05, 3.63) is 71.8 Å². The number of likely N-dealkylation sites (tertiary alicyclic amines) is 1. The average Bonchev–Trinajstić information content (AvgIpc) is 2.96. The summed E-state index contributed by atoms with van der Waals surface area (Å²) in [5.41, 5.74) is 3.40. The summed E-state index contributed by atoms with van der Waals surface area (Å²) < 4.78 is 6.13. The molecular weight excluding hydrogens is 284 g/mol. The Bertz CT molecular complexity index is 612. The van der Waals surface area contributed by atoms with Crippen LogP contribution >= 0.6 is 0 Å². The van der Waals surface area contributed by atoms with Gasteiger partial charge in [0.15, 0.2) is 0 Å². The van der Waals surface area contributed by atoms with Crippen molar-refractivity contribution >= 4 is 5.71 Å². The van der Waals surface area contributed by atoms with E-state index < -0.39 is 0 Å². The lowest BCUT2D eigenvalue weighted by molar-refractivity contribution is -0.928. The Morgan fingerprint density at radius 2 is 1.61 bits per heavy atom. The Labute approximate surface area is 138 Å². The zero-order valence-electron chi connectivity index (χ0n) is 14.0. The molecule has 0 spiro atoms. The molecule has 2 atom stereocenters. The van der Waals surface area contributed by atoms with Crippen LogP contribution in [0.25, 0.3) is 0 Å². The van der Waals surface area contributed by atoms with Gasteiger partial charge in [0.05, 0.1) is 7.05 Å². The largest absolute Gasteiger partial charge is 0.378 e. The summed E-state index contributed by atoms with van der Waals surface area (Å²) in [6, 6.07) is 21.4. The lowest BCUT2D eigenvalue weighted by Crippen LogP contribution is -2.46. The lowest BCUT2D eigenvalue weighted by Gasteiger charge is -2.30. The minimum Gasteiger partial charge on any atom is -0.378 e. The maximum absolute atomic E-state index is 5.43. The molecule has 23 heavy (non-hydrogen) atoms. The second-order valence-electron chi connectivity index (χ2n) is 6.37. The molecule has 3 nitrogen and oxygen atoms in total. The minimum absolute atomic E-state index is 0.433. The normalized spacial score (nSPS) is 23.7. The summed E-state index contributed by atoms with van der Waals surface area (Å²) in [7, 11) is 4.00. The highest BCUT2D eigenvalue weighted by atomic mass is 16.5. The van der Waals surface area contributed by atoms with Gasteiger partial charge in [-0.05, 0) is 0 Å². The van der Waals surface area contributed by atoms with Gasteiger partial charge >= 0.3 is 0 Å². The monoisotopic (exact) mass is 309 g/mol. The van der Waals surface area contributed by atoms with Gasteiger partial charge < -0.3 is 4.74 Å². The standard InChI is InChI=1S/C20H25N2O/c1-22(15-9-14-19(22)16-23-2)21-20(17-10-5-3-6-11-17)18-12-7-4-8-13-18/h3-8,10-13,19H,9,14-16H2,1-2H3/q+1/t19-,22-/m0/s1. The van der Waals surface area contributed by atoms with Crippen molar-refractivity contribution in [1.82, 2.24) is 0 Å². The summed E-state index contributed by atoms with van der Waals surface area (Å²) >= 11 is 0. The maximum atomic E-state index is 5.43. The van der Waals surface area contributed by atoms with Crippen LogP contribution < -0.4 is 0 Å². The molecule has 2 aromatic rings. The Morgan fingerprint density at radius 3 is 2.13 bits per heavy atom. The molecule has 0 aromatic heterocycles. The number of quaternary nitrogens is 1. The van der Waals surface area contributed by atoms with E-state index in [2.05, 4.69) is 55.6 Å². The van der Waals surface area contributed by atoms with Crippen LogP contribution in [0, 0.1) is 0 Å². The molecule has 1 saturated heterocycles. The fourth-order valence-electron chi connectivity index (χ4n) is 3.38. The molecule has 0 radical (unpaired) electrons. The zero-order valence-corrected chi connectivity index (χ0v) is 14.0. The molecule has 120 valence electrons.